The predicted molar refractivity (Wildman–Crippen MR) is 100 cm³/mol. The third kappa shape index (κ3) is 9.07. The van der Waals surface area contributed by atoms with E-state index in [-0.39, 0.29) is 0 Å². The molecule has 1 heterocycles. The van der Waals surface area contributed by atoms with Gasteiger partial charge in [0.15, 0.2) is 0 Å². The lowest BCUT2D eigenvalue weighted by molar-refractivity contribution is 0.0634. The average Bonchev–Trinajstić information content (AvgIpc) is 2.63. The number of hydrogen-bond donors (Lipinski definition) is 1. The van der Waals surface area contributed by atoms with Crippen LogP contribution in [-0.2, 0) is 4.74 Å². The number of aromatic nitrogens is 1. The Morgan fingerprint density at radius 2 is 1.92 bits per heavy atom. The fourth-order valence-electron chi connectivity index (χ4n) is 3.00. The first-order valence-corrected chi connectivity index (χ1v) is 9.77. The van der Waals surface area contributed by atoms with E-state index in [1.807, 2.05) is 12.1 Å². The maximum absolute atomic E-state index is 5.74. The van der Waals surface area contributed by atoms with E-state index < -0.39 is 0 Å². The molecular weight excluding hydrogens is 316 g/mol. The van der Waals surface area contributed by atoms with Crippen molar-refractivity contribution in [3.8, 4) is 11.6 Å². The maximum Gasteiger partial charge on any atom is 0.213 e. The van der Waals surface area contributed by atoms with Gasteiger partial charge in [-0.3, -0.25) is 0 Å². The number of pyridine rings is 1. The molecule has 0 aromatic carbocycles. The first-order valence-electron chi connectivity index (χ1n) is 9.77. The fourth-order valence-corrected chi connectivity index (χ4v) is 3.00. The van der Waals surface area contributed by atoms with Crippen molar-refractivity contribution in [3.05, 3.63) is 18.3 Å². The van der Waals surface area contributed by atoms with Gasteiger partial charge >= 0.3 is 0 Å². The molecule has 0 bridgehead atoms. The van der Waals surface area contributed by atoms with E-state index in [2.05, 4.69) is 24.1 Å². The smallest absolute Gasteiger partial charge is 0.213 e. The molecule has 0 unspecified atom stereocenters. The lowest BCUT2D eigenvalue weighted by atomic mass is 9.90. The van der Waals surface area contributed by atoms with Crippen LogP contribution in [0.2, 0.25) is 0 Å². The van der Waals surface area contributed by atoms with Gasteiger partial charge in [-0.25, -0.2) is 4.98 Å². The first kappa shape index (κ1) is 20.0. The van der Waals surface area contributed by atoms with Gasteiger partial charge in [-0.05, 0) is 37.8 Å². The maximum atomic E-state index is 5.74. The summed E-state index contributed by atoms with van der Waals surface area (Å²) < 4.78 is 17.0. The molecule has 25 heavy (non-hydrogen) atoms. The van der Waals surface area contributed by atoms with Crippen LogP contribution in [0, 0.1) is 5.92 Å². The van der Waals surface area contributed by atoms with Gasteiger partial charge < -0.3 is 19.5 Å². The highest BCUT2D eigenvalue weighted by molar-refractivity contribution is 5.22. The Morgan fingerprint density at radius 3 is 2.64 bits per heavy atom. The third-order valence-electron chi connectivity index (χ3n) is 4.41. The summed E-state index contributed by atoms with van der Waals surface area (Å²) in [5, 5.41) is 3.36. The number of hydrogen-bond acceptors (Lipinski definition) is 5. The molecule has 1 aromatic heterocycles. The molecule has 1 aliphatic carbocycles. The second kappa shape index (κ2) is 12.1. The molecule has 0 amide bonds. The zero-order valence-electron chi connectivity index (χ0n) is 15.8. The number of nitrogens with one attached hydrogen (secondary N) is 1. The molecule has 0 radical (unpaired) electrons. The van der Waals surface area contributed by atoms with Crippen molar-refractivity contribution in [2.75, 3.05) is 33.0 Å². The summed E-state index contributed by atoms with van der Waals surface area (Å²) in [7, 11) is 0. The summed E-state index contributed by atoms with van der Waals surface area (Å²) in [6.45, 7) is 7.99. The Morgan fingerprint density at radius 1 is 1.08 bits per heavy atom. The highest BCUT2D eigenvalue weighted by Gasteiger charge is 2.13. The van der Waals surface area contributed by atoms with Crippen molar-refractivity contribution in [3.63, 3.8) is 0 Å². The van der Waals surface area contributed by atoms with Crippen molar-refractivity contribution < 1.29 is 14.2 Å². The van der Waals surface area contributed by atoms with E-state index in [9.17, 15) is 0 Å². The molecular formula is C20H34N2O3. The molecule has 0 aliphatic heterocycles. The first-order chi connectivity index (χ1) is 12.2. The summed E-state index contributed by atoms with van der Waals surface area (Å²) in [6.07, 6.45) is 9.43. The molecule has 1 aliphatic rings. The van der Waals surface area contributed by atoms with E-state index >= 15 is 0 Å². The highest BCUT2D eigenvalue weighted by atomic mass is 16.5. The third-order valence-corrected chi connectivity index (χ3v) is 4.41. The molecule has 142 valence electrons. The number of nitrogens with zero attached hydrogens (tertiary/aromatic N) is 1. The summed E-state index contributed by atoms with van der Waals surface area (Å²) in [4.78, 5) is 4.28. The molecule has 1 aromatic rings. The zero-order chi connectivity index (χ0) is 17.7. The molecule has 1 saturated carbocycles. The van der Waals surface area contributed by atoms with Crippen molar-refractivity contribution in [2.45, 2.75) is 58.4 Å². The van der Waals surface area contributed by atoms with Crippen LogP contribution in [0.4, 0.5) is 0 Å². The SMILES string of the molecule is CC(C)NCCCOc1ccc(OCCOCC2CCCCC2)cn1. The molecule has 5 nitrogen and oxygen atoms in total. The van der Waals surface area contributed by atoms with Crippen LogP contribution < -0.4 is 14.8 Å². The van der Waals surface area contributed by atoms with Gasteiger partial charge in [-0.1, -0.05) is 33.1 Å². The molecule has 1 N–H and O–H groups in total. The van der Waals surface area contributed by atoms with E-state index in [4.69, 9.17) is 14.2 Å². The minimum atomic E-state index is 0.515. The zero-order valence-corrected chi connectivity index (χ0v) is 15.8. The predicted octanol–water partition coefficient (Wildman–Crippen LogP) is 3.82. The molecule has 2 rings (SSSR count). The van der Waals surface area contributed by atoms with Crippen LogP contribution in [0.15, 0.2) is 18.3 Å². The Kier molecular flexibility index (Phi) is 9.67. The second-order valence-electron chi connectivity index (χ2n) is 7.07. The van der Waals surface area contributed by atoms with Crippen LogP contribution in [0.25, 0.3) is 0 Å². The largest absolute Gasteiger partial charge is 0.490 e. The summed E-state index contributed by atoms with van der Waals surface area (Å²) >= 11 is 0. The van der Waals surface area contributed by atoms with Gasteiger partial charge in [0.25, 0.3) is 0 Å². The summed E-state index contributed by atoms with van der Waals surface area (Å²) in [5.74, 6) is 2.16. The second-order valence-corrected chi connectivity index (χ2v) is 7.07. The molecule has 0 saturated heterocycles. The van der Waals surface area contributed by atoms with Crippen molar-refractivity contribution in [1.82, 2.24) is 10.3 Å². The lowest BCUT2D eigenvalue weighted by Crippen LogP contribution is -2.24. The molecule has 1 fully saturated rings. The van der Waals surface area contributed by atoms with Crippen LogP contribution in [0.1, 0.15) is 52.4 Å². The summed E-state index contributed by atoms with van der Waals surface area (Å²) in [6, 6.07) is 4.27. The van der Waals surface area contributed by atoms with Gasteiger partial charge in [0.1, 0.15) is 12.4 Å². The van der Waals surface area contributed by atoms with Crippen LogP contribution in [-0.4, -0.2) is 44.0 Å². The van der Waals surface area contributed by atoms with Gasteiger partial charge in [0.05, 0.1) is 19.4 Å². The van der Waals surface area contributed by atoms with Gasteiger partial charge in [0.2, 0.25) is 5.88 Å². The van der Waals surface area contributed by atoms with Crippen molar-refractivity contribution in [2.24, 2.45) is 5.92 Å². The number of rotatable bonds is 12. The van der Waals surface area contributed by atoms with E-state index in [0.717, 1.165) is 31.2 Å². The van der Waals surface area contributed by atoms with Crippen LogP contribution in [0.5, 0.6) is 11.6 Å². The standard InChI is InChI=1S/C20H34N2O3/c1-17(2)21-11-6-12-25-20-10-9-19(15-22-20)24-14-13-23-16-18-7-4-3-5-8-18/h9-10,15,17-18,21H,3-8,11-14,16H2,1-2H3. The topological polar surface area (TPSA) is 52.6 Å². The normalized spacial score (nSPS) is 15.5. The minimum Gasteiger partial charge on any atom is -0.490 e. The highest BCUT2D eigenvalue weighted by Crippen LogP contribution is 2.23. The van der Waals surface area contributed by atoms with E-state index in [1.54, 1.807) is 6.20 Å². The Hall–Kier alpha value is -1.33. The fraction of sp³-hybridized carbons (Fsp3) is 0.750. The van der Waals surface area contributed by atoms with E-state index in [0.29, 0.717) is 31.7 Å². The van der Waals surface area contributed by atoms with Crippen molar-refractivity contribution >= 4 is 0 Å². The molecule has 0 spiro atoms. The van der Waals surface area contributed by atoms with Gasteiger partial charge in [0, 0.05) is 18.7 Å². The quantitative estimate of drug-likeness (QED) is 0.581. The average molecular weight is 351 g/mol. The monoisotopic (exact) mass is 350 g/mol. The van der Waals surface area contributed by atoms with E-state index in [1.165, 1.54) is 32.1 Å². The number of ether oxygens (including phenoxy) is 3. The Labute approximate surface area is 152 Å². The lowest BCUT2D eigenvalue weighted by Gasteiger charge is -2.21. The Balaban J connectivity index is 1.51. The van der Waals surface area contributed by atoms with Crippen LogP contribution in [0.3, 0.4) is 0 Å². The minimum absolute atomic E-state index is 0.515. The van der Waals surface area contributed by atoms with Gasteiger partial charge in [-0.2, -0.15) is 0 Å². The van der Waals surface area contributed by atoms with Crippen molar-refractivity contribution in [1.29, 1.82) is 0 Å². The molecule has 0 atom stereocenters. The molecule has 5 heteroatoms. The van der Waals surface area contributed by atoms with Gasteiger partial charge in [-0.15, -0.1) is 0 Å². The summed E-state index contributed by atoms with van der Waals surface area (Å²) in [5.41, 5.74) is 0. The Bertz CT molecular complexity index is 445. The van der Waals surface area contributed by atoms with Crippen LogP contribution >= 0.6 is 0 Å².